The summed E-state index contributed by atoms with van der Waals surface area (Å²) in [4.78, 5) is 23.1. The molecule has 7 heteroatoms. The highest BCUT2D eigenvalue weighted by Gasteiger charge is 2.30. The maximum atomic E-state index is 12.4. The van der Waals surface area contributed by atoms with Crippen molar-refractivity contribution in [1.29, 1.82) is 0 Å². The fourth-order valence-electron chi connectivity index (χ4n) is 1.73. The molecule has 0 aliphatic heterocycles. The lowest BCUT2D eigenvalue weighted by atomic mass is 10.1. The van der Waals surface area contributed by atoms with E-state index in [0.717, 1.165) is 24.3 Å². The normalized spacial score (nSPS) is 11.4. The SMILES string of the molecule is CC(C)CC(=O)NCCNC(=O)c1ccc(C(F)(F)F)cc1. The first-order valence-corrected chi connectivity index (χ1v) is 6.92. The Balaban J connectivity index is 2.38. The van der Waals surface area contributed by atoms with E-state index in [4.69, 9.17) is 0 Å². The number of hydrogen-bond donors (Lipinski definition) is 2. The number of carbonyl (C=O) groups excluding carboxylic acids is 2. The maximum absolute atomic E-state index is 12.4. The van der Waals surface area contributed by atoms with Crippen LogP contribution >= 0.6 is 0 Å². The molecule has 2 N–H and O–H groups in total. The Hall–Kier alpha value is -2.05. The van der Waals surface area contributed by atoms with Crippen LogP contribution in [0.1, 0.15) is 36.2 Å². The first-order valence-electron chi connectivity index (χ1n) is 6.92. The minimum Gasteiger partial charge on any atom is -0.354 e. The van der Waals surface area contributed by atoms with E-state index in [0.29, 0.717) is 6.42 Å². The van der Waals surface area contributed by atoms with E-state index in [9.17, 15) is 22.8 Å². The van der Waals surface area contributed by atoms with Crippen LogP contribution < -0.4 is 10.6 Å². The Morgan fingerprint density at radius 1 is 1.05 bits per heavy atom. The van der Waals surface area contributed by atoms with Gasteiger partial charge in [-0.2, -0.15) is 13.2 Å². The molecule has 0 saturated heterocycles. The van der Waals surface area contributed by atoms with Gasteiger partial charge in [-0.25, -0.2) is 0 Å². The summed E-state index contributed by atoms with van der Waals surface area (Å²) in [7, 11) is 0. The van der Waals surface area contributed by atoms with Crippen LogP contribution in [0.4, 0.5) is 13.2 Å². The number of benzene rings is 1. The third-order valence-electron chi connectivity index (χ3n) is 2.80. The molecule has 0 bridgehead atoms. The number of carbonyl (C=O) groups is 2. The molecule has 0 aliphatic rings. The summed E-state index contributed by atoms with van der Waals surface area (Å²) in [6, 6.07) is 3.96. The molecule has 1 aromatic rings. The van der Waals surface area contributed by atoms with Gasteiger partial charge in [0.25, 0.3) is 5.91 Å². The van der Waals surface area contributed by atoms with E-state index in [2.05, 4.69) is 10.6 Å². The highest BCUT2D eigenvalue weighted by Crippen LogP contribution is 2.28. The van der Waals surface area contributed by atoms with Crippen LogP contribution in [0.2, 0.25) is 0 Å². The average molecular weight is 316 g/mol. The molecule has 0 heterocycles. The molecule has 1 rings (SSSR count). The summed E-state index contributed by atoms with van der Waals surface area (Å²) in [5.41, 5.74) is -0.661. The van der Waals surface area contributed by atoms with E-state index >= 15 is 0 Å². The third-order valence-corrected chi connectivity index (χ3v) is 2.80. The smallest absolute Gasteiger partial charge is 0.354 e. The number of amides is 2. The van der Waals surface area contributed by atoms with Crippen molar-refractivity contribution >= 4 is 11.8 Å². The minimum absolute atomic E-state index is 0.0984. The molecule has 0 atom stereocenters. The Labute approximate surface area is 127 Å². The lowest BCUT2D eigenvalue weighted by molar-refractivity contribution is -0.137. The largest absolute Gasteiger partial charge is 0.416 e. The van der Waals surface area contributed by atoms with E-state index in [1.54, 1.807) is 0 Å². The van der Waals surface area contributed by atoms with Crippen LogP contribution in [0.3, 0.4) is 0 Å². The molecule has 1 aromatic carbocycles. The fourth-order valence-corrected chi connectivity index (χ4v) is 1.73. The standard InChI is InChI=1S/C15H19F3N2O2/c1-10(2)9-13(21)19-7-8-20-14(22)11-3-5-12(6-4-11)15(16,17)18/h3-6,10H,7-9H2,1-2H3,(H,19,21)(H,20,22). The fraction of sp³-hybridized carbons (Fsp3) is 0.467. The first kappa shape index (κ1) is 18.0. The Kier molecular flexibility index (Phi) is 6.39. The topological polar surface area (TPSA) is 58.2 Å². The van der Waals surface area contributed by atoms with E-state index in [1.165, 1.54) is 0 Å². The quantitative estimate of drug-likeness (QED) is 0.793. The van der Waals surface area contributed by atoms with Crippen LogP contribution in [-0.2, 0) is 11.0 Å². The van der Waals surface area contributed by atoms with Gasteiger partial charge in [-0.3, -0.25) is 9.59 Å². The van der Waals surface area contributed by atoms with Crippen molar-refractivity contribution in [3.05, 3.63) is 35.4 Å². The zero-order valence-corrected chi connectivity index (χ0v) is 12.5. The Morgan fingerprint density at radius 2 is 1.59 bits per heavy atom. The van der Waals surface area contributed by atoms with Gasteiger partial charge < -0.3 is 10.6 Å². The number of alkyl halides is 3. The molecule has 2 amide bonds. The molecule has 0 fully saturated rings. The molecule has 0 aromatic heterocycles. The third kappa shape index (κ3) is 6.15. The predicted molar refractivity (Wildman–Crippen MR) is 76.2 cm³/mol. The molecule has 0 aliphatic carbocycles. The lowest BCUT2D eigenvalue weighted by Crippen LogP contribution is -2.35. The molecule has 0 unspecified atom stereocenters. The van der Waals surface area contributed by atoms with Crippen LogP contribution in [-0.4, -0.2) is 24.9 Å². The van der Waals surface area contributed by atoms with Crippen molar-refractivity contribution in [2.75, 3.05) is 13.1 Å². The minimum atomic E-state index is -4.42. The number of halogens is 3. The molecule has 4 nitrogen and oxygen atoms in total. The maximum Gasteiger partial charge on any atom is 0.416 e. The summed E-state index contributed by atoms with van der Waals surface area (Å²) in [5.74, 6) is -0.327. The highest BCUT2D eigenvalue weighted by molar-refractivity contribution is 5.94. The predicted octanol–water partition coefficient (Wildman–Crippen LogP) is 2.60. The average Bonchev–Trinajstić information content (AvgIpc) is 2.42. The second kappa shape index (κ2) is 7.82. The van der Waals surface area contributed by atoms with Crippen molar-refractivity contribution in [2.45, 2.75) is 26.4 Å². The monoisotopic (exact) mass is 316 g/mol. The van der Waals surface area contributed by atoms with Crippen molar-refractivity contribution in [3.63, 3.8) is 0 Å². The highest BCUT2D eigenvalue weighted by atomic mass is 19.4. The van der Waals surface area contributed by atoms with Gasteiger partial charge in [-0.1, -0.05) is 13.8 Å². The number of hydrogen-bond acceptors (Lipinski definition) is 2. The van der Waals surface area contributed by atoms with E-state index in [-0.39, 0.29) is 30.5 Å². The molecule has 0 spiro atoms. The summed E-state index contributed by atoms with van der Waals surface area (Å²) < 4.78 is 37.2. The van der Waals surface area contributed by atoms with E-state index in [1.807, 2.05) is 13.8 Å². The lowest BCUT2D eigenvalue weighted by Gasteiger charge is -2.09. The Morgan fingerprint density at radius 3 is 2.09 bits per heavy atom. The summed E-state index contributed by atoms with van der Waals surface area (Å²) >= 11 is 0. The van der Waals surface area contributed by atoms with Gasteiger partial charge in [0, 0.05) is 25.1 Å². The van der Waals surface area contributed by atoms with Crippen LogP contribution in [0.15, 0.2) is 24.3 Å². The summed E-state index contributed by atoms with van der Waals surface area (Å²) in [5, 5.41) is 5.18. The van der Waals surface area contributed by atoms with Crippen molar-refractivity contribution in [3.8, 4) is 0 Å². The molecule has 0 saturated carbocycles. The zero-order valence-electron chi connectivity index (χ0n) is 12.5. The second-order valence-electron chi connectivity index (χ2n) is 5.28. The first-order chi connectivity index (χ1) is 10.2. The van der Waals surface area contributed by atoms with Crippen molar-refractivity contribution in [2.24, 2.45) is 5.92 Å². The van der Waals surface area contributed by atoms with E-state index < -0.39 is 17.6 Å². The summed E-state index contributed by atoms with van der Waals surface area (Å²) in [6.07, 6.45) is -4.01. The van der Waals surface area contributed by atoms with Crippen molar-refractivity contribution in [1.82, 2.24) is 10.6 Å². The molecule has 22 heavy (non-hydrogen) atoms. The molecular weight excluding hydrogens is 297 g/mol. The number of rotatable bonds is 6. The van der Waals surface area contributed by atoms with Gasteiger partial charge >= 0.3 is 6.18 Å². The van der Waals surface area contributed by atoms with Gasteiger partial charge in [0.05, 0.1) is 5.56 Å². The molecule has 122 valence electrons. The van der Waals surface area contributed by atoms with Gasteiger partial charge in [0.2, 0.25) is 5.91 Å². The van der Waals surface area contributed by atoms with Gasteiger partial charge in [0.15, 0.2) is 0 Å². The second-order valence-corrected chi connectivity index (χ2v) is 5.28. The van der Waals surface area contributed by atoms with Crippen LogP contribution in [0, 0.1) is 5.92 Å². The van der Waals surface area contributed by atoms with Crippen LogP contribution in [0.5, 0.6) is 0 Å². The van der Waals surface area contributed by atoms with Gasteiger partial charge in [-0.15, -0.1) is 0 Å². The Bertz CT molecular complexity index is 511. The zero-order chi connectivity index (χ0) is 16.8. The van der Waals surface area contributed by atoms with Gasteiger partial charge in [-0.05, 0) is 30.2 Å². The van der Waals surface area contributed by atoms with Gasteiger partial charge in [0.1, 0.15) is 0 Å². The molecular formula is C15H19F3N2O2. The number of nitrogens with one attached hydrogen (secondary N) is 2. The summed E-state index contributed by atoms with van der Waals surface area (Å²) in [6.45, 7) is 4.33. The van der Waals surface area contributed by atoms with Crippen molar-refractivity contribution < 1.29 is 22.8 Å². The molecule has 0 radical (unpaired) electrons. The van der Waals surface area contributed by atoms with Crippen LogP contribution in [0.25, 0.3) is 0 Å².